The van der Waals surface area contributed by atoms with Crippen LogP contribution in [0.1, 0.15) is 187 Å². The maximum atomic E-state index is 14.3. The minimum atomic E-state index is -1.03. The van der Waals surface area contributed by atoms with Crippen molar-refractivity contribution in [3.8, 4) is 0 Å². The van der Waals surface area contributed by atoms with Crippen molar-refractivity contribution in [3.05, 3.63) is 35.6 Å². The number of alkyl carbamates (subject to hydrolysis) is 2. The second kappa shape index (κ2) is 27.1. The maximum absolute atomic E-state index is 14.3. The Labute approximate surface area is 450 Å². The molecule has 0 saturated heterocycles. The lowest BCUT2D eigenvalue weighted by Crippen LogP contribution is -2.53. The number of furan rings is 1. The zero-order valence-electron chi connectivity index (χ0n) is 48.7. The summed E-state index contributed by atoms with van der Waals surface area (Å²) in [6.45, 7) is 32.3. The summed E-state index contributed by atoms with van der Waals surface area (Å²) in [5.74, 6) is 0.703. The molecule has 2 aromatic rings. The molecule has 21 heteroatoms. The minimum absolute atomic E-state index is 0.0126. The molecule has 2 heterocycles. The van der Waals surface area contributed by atoms with Crippen molar-refractivity contribution in [2.45, 2.75) is 216 Å². The first-order valence-corrected chi connectivity index (χ1v) is 26.3. The number of amides is 6. The number of amidine groups is 1. The van der Waals surface area contributed by atoms with E-state index >= 15 is 0 Å². The molecule has 1 aliphatic heterocycles. The number of nitrogens with one attached hydrogen (secondary N) is 2. The summed E-state index contributed by atoms with van der Waals surface area (Å²) in [6, 6.07) is 7.47. The van der Waals surface area contributed by atoms with E-state index in [0.717, 1.165) is 35.1 Å². The highest BCUT2D eigenvalue weighted by Crippen LogP contribution is 2.26. The van der Waals surface area contributed by atoms with E-state index in [1.165, 1.54) is 4.90 Å². The average molecular weight is 1070 g/mol. The van der Waals surface area contributed by atoms with Crippen molar-refractivity contribution >= 4 is 65.3 Å². The predicted octanol–water partition coefficient (Wildman–Crippen LogP) is 12.3. The van der Waals surface area contributed by atoms with Gasteiger partial charge in [0.1, 0.15) is 50.8 Å². The van der Waals surface area contributed by atoms with E-state index in [9.17, 15) is 28.8 Å². The summed E-state index contributed by atoms with van der Waals surface area (Å²) in [5, 5.41) is 5.75. The number of fused-ring (bicyclic) bond motifs is 1. The third-order valence-corrected chi connectivity index (χ3v) is 9.90. The number of aliphatic imine (C=N–C) groups is 3. The fraction of sp³-hybridized carbons (Fsp3) is 0.691. The van der Waals surface area contributed by atoms with Crippen molar-refractivity contribution in [3.63, 3.8) is 0 Å². The molecule has 76 heavy (non-hydrogen) atoms. The van der Waals surface area contributed by atoms with E-state index < -0.39 is 70.2 Å². The molecule has 0 saturated carbocycles. The first-order chi connectivity index (χ1) is 34.9. The number of rotatable bonds is 14. The zero-order chi connectivity index (χ0) is 57.5. The van der Waals surface area contributed by atoms with Crippen molar-refractivity contribution in [2.75, 3.05) is 32.7 Å². The molecule has 3 rings (SSSR count). The van der Waals surface area contributed by atoms with Crippen LogP contribution in [0.3, 0.4) is 0 Å². The number of carbonyl (C=O) groups is 6. The van der Waals surface area contributed by atoms with Gasteiger partial charge in [0, 0.05) is 50.1 Å². The summed E-state index contributed by atoms with van der Waals surface area (Å²) < 4.78 is 40.0. The van der Waals surface area contributed by atoms with Gasteiger partial charge in [0.25, 0.3) is 0 Å². The minimum Gasteiger partial charge on any atom is -0.461 e. The molecule has 1 aromatic heterocycles. The Morgan fingerprint density at radius 2 is 1.09 bits per heavy atom. The molecule has 0 bridgehead atoms. The van der Waals surface area contributed by atoms with E-state index in [2.05, 4.69) is 25.6 Å². The van der Waals surface area contributed by atoms with Crippen LogP contribution in [0.25, 0.3) is 11.0 Å². The Morgan fingerprint density at radius 3 is 1.61 bits per heavy atom. The Morgan fingerprint density at radius 1 is 0.605 bits per heavy atom. The molecular formula is C55H88N8O13. The van der Waals surface area contributed by atoms with Crippen molar-refractivity contribution in [2.24, 2.45) is 15.0 Å². The van der Waals surface area contributed by atoms with Crippen LogP contribution in [-0.4, -0.2) is 135 Å². The zero-order valence-corrected chi connectivity index (χ0v) is 48.7. The first-order valence-electron chi connectivity index (χ1n) is 26.3. The van der Waals surface area contributed by atoms with E-state index in [1.54, 1.807) is 109 Å². The lowest BCUT2D eigenvalue weighted by Gasteiger charge is -2.34. The van der Waals surface area contributed by atoms with Gasteiger partial charge in [-0.3, -0.25) is 25.5 Å². The summed E-state index contributed by atoms with van der Waals surface area (Å²) in [6.07, 6.45) is 0.527. The van der Waals surface area contributed by atoms with Gasteiger partial charge in [-0.1, -0.05) is 25.7 Å². The Bertz CT molecular complexity index is 2370. The van der Waals surface area contributed by atoms with E-state index in [4.69, 9.17) is 32.8 Å². The Balaban J connectivity index is 1.86. The van der Waals surface area contributed by atoms with E-state index in [1.807, 2.05) is 45.0 Å². The van der Waals surface area contributed by atoms with Crippen LogP contribution >= 0.6 is 0 Å². The normalized spacial score (nSPS) is 13.7. The van der Waals surface area contributed by atoms with Gasteiger partial charge in [-0.25, -0.2) is 38.6 Å². The number of hydrogen-bond donors (Lipinski definition) is 2. The number of hydrogen-bond acceptors (Lipinski definition) is 15. The van der Waals surface area contributed by atoms with Crippen LogP contribution in [-0.2, 0) is 34.8 Å². The predicted molar refractivity (Wildman–Crippen MR) is 292 cm³/mol. The summed E-state index contributed by atoms with van der Waals surface area (Å²) in [4.78, 5) is 97.7. The number of benzene rings is 1. The molecule has 0 spiro atoms. The fourth-order valence-electron chi connectivity index (χ4n) is 7.12. The largest absolute Gasteiger partial charge is 0.461 e. The fourth-order valence-corrected chi connectivity index (χ4v) is 7.12. The second-order valence-corrected chi connectivity index (χ2v) is 24.5. The number of unbranched alkanes of at least 4 members (excludes halogenated alkanes) is 5. The van der Waals surface area contributed by atoms with Gasteiger partial charge in [0.05, 0.1) is 0 Å². The van der Waals surface area contributed by atoms with Crippen molar-refractivity contribution < 1.29 is 61.6 Å². The van der Waals surface area contributed by atoms with Crippen LogP contribution in [0, 0.1) is 0 Å². The Kier molecular flexibility index (Phi) is 22.8. The van der Waals surface area contributed by atoms with Crippen molar-refractivity contribution in [1.29, 1.82) is 0 Å². The van der Waals surface area contributed by atoms with Gasteiger partial charge in [-0.15, -0.1) is 4.99 Å². The molecular weight excluding hydrogens is 981 g/mol. The highest BCUT2D eigenvalue weighted by atomic mass is 16.6. The third kappa shape index (κ3) is 25.0. The molecule has 426 valence electrons. The molecule has 1 aromatic carbocycles. The molecule has 0 radical (unpaired) electrons. The highest BCUT2D eigenvalue weighted by Gasteiger charge is 2.36. The van der Waals surface area contributed by atoms with E-state index in [0.29, 0.717) is 62.4 Å². The van der Waals surface area contributed by atoms with Gasteiger partial charge in [-0.2, -0.15) is 0 Å². The van der Waals surface area contributed by atoms with E-state index in [-0.39, 0.29) is 38.0 Å². The highest BCUT2D eigenvalue weighted by molar-refractivity contribution is 6.08. The van der Waals surface area contributed by atoms with Gasteiger partial charge < -0.3 is 32.8 Å². The lowest BCUT2D eigenvalue weighted by molar-refractivity contribution is 0.0267. The molecule has 0 aliphatic carbocycles. The molecule has 0 atom stereocenters. The summed E-state index contributed by atoms with van der Waals surface area (Å²) in [7, 11) is 0. The molecule has 21 nitrogen and oxygen atoms in total. The van der Waals surface area contributed by atoms with Crippen LogP contribution in [0.2, 0.25) is 0 Å². The van der Waals surface area contributed by atoms with Crippen LogP contribution < -0.4 is 10.6 Å². The van der Waals surface area contributed by atoms with Crippen LogP contribution in [0.15, 0.2) is 43.7 Å². The number of nitrogens with zero attached hydrogens (tertiary/aromatic N) is 6. The second-order valence-electron chi connectivity index (χ2n) is 24.5. The SMILES string of the molecule is CC(C)(C)OC(=O)N=C(N(CCCCCCCCN=C(NC(=O)OC(C)(C)C)NC(=O)OC(C)(C)C)C(=O)OC(C)(C)C)N(CCCc1cc2cc(C3=NCCCN3C(=O)OC(C)(C)C)ccc2o1)C(=O)OC(C)(C)C. The lowest BCUT2D eigenvalue weighted by atomic mass is 10.1. The Hall–Kier alpha value is -6.41. The number of carbonyl (C=O) groups excluding carboxylic acids is 6. The summed E-state index contributed by atoms with van der Waals surface area (Å²) in [5.41, 5.74) is -3.79. The topological polar surface area (TPSA) is 242 Å². The molecule has 1 aliphatic rings. The van der Waals surface area contributed by atoms with Crippen LogP contribution in [0.5, 0.6) is 0 Å². The third-order valence-electron chi connectivity index (χ3n) is 9.90. The monoisotopic (exact) mass is 1070 g/mol. The first kappa shape index (κ1) is 63.9. The van der Waals surface area contributed by atoms with Crippen molar-refractivity contribution in [1.82, 2.24) is 25.3 Å². The standard InChI is InChI=1S/C55H88N8O13/c1-50(2,3)71-44(64)58-42(59-45(65)72-51(4,5)6)57-30-23-21-19-20-22-24-32-62(48(68)75-54(13,14)15)43(60-46(66)73-52(7,8)9)63(49(69)76-55(16,17)18)33-25-27-39-36-38-35-37(28-29-40(38)70-39)41-56-31-26-34-61(41)47(67)74-53(10,11)12/h28-29,35-36H,19-27,30-34H2,1-18H3,(H2,57,58,59,64,65). The average Bonchev–Trinajstić information content (AvgIpc) is 3.63. The van der Waals surface area contributed by atoms with Gasteiger partial charge in [-0.05, 0) is 175 Å². The quantitative estimate of drug-likeness (QED) is 0.0775. The van der Waals surface area contributed by atoms with Gasteiger partial charge in [0.15, 0.2) is 0 Å². The maximum Gasteiger partial charge on any atom is 0.437 e. The summed E-state index contributed by atoms with van der Waals surface area (Å²) >= 11 is 0. The smallest absolute Gasteiger partial charge is 0.437 e. The van der Waals surface area contributed by atoms with Gasteiger partial charge in [0.2, 0.25) is 11.9 Å². The molecule has 2 N–H and O–H groups in total. The molecule has 6 amide bonds. The van der Waals surface area contributed by atoms with Gasteiger partial charge >= 0.3 is 36.6 Å². The number of aryl methyl sites for hydroxylation is 1. The van der Waals surface area contributed by atoms with Crippen LogP contribution in [0.4, 0.5) is 28.8 Å². The number of guanidine groups is 2. The molecule has 0 unspecified atom stereocenters. The molecule has 0 fully saturated rings. The number of ether oxygens (including phenoxy) is 6.